The van der Waals surface area contributed by atoms with Crippen LogP contribution in [0.2, 0.25) is 0 Å². The molecule has 2 aromatic heterocycles. The molecular weight excluding hydrogens is 405 g/mol. The van der Waals surface area contributed by atoms with E-state index in [-0.39, 0.29) is 11.6 Å². The molecule has 2 N–H and O–H groups in total. The molecule has 2 heterocycles. The number of anilines is 1. The molecule has 7 nitrogen and oxygen atoms in total. The molecule has 2 amide bonds. The zero-order valence-electron chi connectivity index (χ0n) is 17.6. The molecule has 0 atom stereocenters. The second kappa shape index (κ2) is 9.36. The lowest BCUT2D eigenvalue weighted by atomic mass is 10.0. The first kappa shape index (κ1) is 21.9. The Kier molecular flexibility index (Phi) is 6.84. The van der Waals surface area contributed by atoms with Gasteiger partial charge < -0.3 is 14.8 Å². The molecular formula is C21H26FN5O2S. The predicted molar refractivity (Wildman–Crippen MR) is 120 cm³/mol. The molecule has 1 aromatic carbocycles. The lowest BCUT2D eigenvalue weighted by Gasteiger charge is -2.14. The molecule has 0 fully saturated rings. The summed E-state index contributed by atoms with van der Waals surface area (Å²) in [6.45, 7) is 5.67. The molecule has 0 saturated heterocycles. The highest BCUT2D eigenvalue weighted by atomic mass is 32.1. The van der Waals surface area contributed by atoms with Crippen LogP contribution in [0.15, 0.2) is 29.1 Å². The molecule has 0 saturated carbocycles. The average molecular weight is 432 g/mol. The van der Waals surface area contributed by atoms with Crippen molar-refractivity contribution in [3.63, 3.8) is 0 Å². The molecule has 0 bridgehead atoms. The van der Waals surface area contributed by atoms with E-state index in [1.807, 2.05) is 34.0 Å². The van der Waals surface area contributed by atoms with Crippen LogP contribution in [-0.2, 0) is 6.54 Å². The molecule has 160 valence electrons. The van der Waals surface area contributed by atoms with Gasteiger partial charge in [0.2, 0.25) is 0 Å². The summed E-state index contributed by atoms with van der Waals surface area (Å²) in [5, 5.41) is 5.66. The standard InChI is InChI=1S/C21H26FN5O2S/c1-5-23-20(29)25-21-24-17-11-15(16(22)12-18(17)30-21)14-9-13(2)27(19(28)10-14)8-6-7-26(3)4/h9-12H,5-8H2,1-4H3,(H2,23,24,25,29). The number of nitrogens with zero attached hydrogens (tertiary/aromatic N) is 3. The largest absolute Gasteiger partial charge is 0.338 e. The third-order valence-corrected chi connectivity index (χ3v) is 5.60. The number of benzene rings is 1. The number of thiazole rings is 1. The van der Waals surface area contributed by atoms with E-state index in [0.29, 0.717) is 39.6 Å². The first-order valence-corrected chi connectivity index (χ1v) is 10.6. The van der Waals surface area contributed by atoms with Gasteiger partial charge in [-0.1, -0.05) is 11.3 Å². The summed E-state index contributed by atoms with van der Waals surface area (Å²) in [4.78, 5) is 30.8. The number of pyridine rings is 1. The maximum Gasteiger partial charge on any atom is 0.321 e. The number of aromatic nitrogens is 2. The Morgan fingerprint density at radius 2 is 2.03 bits per heavy atom. The van der Waals surface area contributed by atoms with Crippen molar-refractivity contribution in [3.8, 4) is 11.1 Å². The summed E-state index contributed by atoms with van der Waals surface area (Å²) in [7, 11) is 3.99. The number of carbonyl (C=O) groups excluding carboxylic acids is 1. The van der Waals surface area contributed by atoms with Crippen molar-refractivity contribution in [2.45, 2.75) is 26.8 Å². The van der Waals surface area contributed by atoms with Crippen molar-refractivity contribution in [1.82, 2.24) is 19.8 Å². The van der Waals surface area contributed by atoms with Crippen molar-refractivity contribution in [1.29, 1.82) is 0 Å². The first-order chi connectivity index (χ1) is 14.3. The van der Waals surface area contributed by atoms with E-state index in [0.717, 1.165) is 18.7 Å². The highest BCUT2D eigenvalue weighted by Gasteiger charge is 2.14. The normalized spacial score (nSPS) is 11.3. The van der Waals surface area contributed by atoms with E-state index < -0.39 is 5.82 Å². The highest BCUT2D eigenvalue weighted by Crippen LogP contribution is 2.32. The van der Waals surface area contributed by atoms with Crippen molar-refractivity contribution in [2.75, 3.05) is 32.5 Å². The van der Waals surface area contributed by atoms with Crippen LogP contribution < -0.4 is 16.2 Å². The quantitative estimate of drug-likeness (QED) is 0.598. The van der Waals surface area contributed by atoms with E-state index in [9.17, 15) is 14.0 Å². The Morgan fingerprint density at radius 1 is 1.27 bits per heavy atom. The van der Waals surface area contributed by atoms with Crippen molar-refractivity contribution < 1.29 is 9.18 Å². The number of amides is 2. The zero-order valence-corrected chi connectivity index (χ0v) is 18.4. The summed E-state index contributed by atoms with van der Waals surface area (Å²) in [5.74, 6) is -0.431. The van der Waals surface area contributed by atoms with E-state index in [1.165, 1.54) is 23.5 Å². The van der Waals surface area contributed by atoms with Gasteiger partial charge in [-0.2, -0.15) is 0 Å². The van der Waals surface area contributed by atoms with Gasteiger partial charge in [-0.15, -0.1) is 0 Å². The summed E-state index contributed by atoms with van der Waals surface area (Å²) in [6, 6.07) is 5.94. The molecule has 3 aromatic rings. The van der Waals surface area contributed by atoms with E-state index in [4.69, 9.17) is 0 Å². The molecule has 0 aliphatic carbocycles. The fourth-order valence-electron chi connectivity index (χ4n) is 3.24. The van der Waals surface area contributed by atoms with Crippen molar-refractivity contribution in [3.05, 3.63) is 46.1 Å². The van der Waals surface area contributed by atoms with Crippen LogP contribution in [0.3, 0.4) is 0 Å². The van der Waals surface area contributed by atoms with Crippen LogP contribution in [-0.4, -0.2) is 47.7 Å². The summed E-state index contributed by atoms with van der Waals surface area (Å²) < 4.78 is 17.1. The highest BCUT2D eigenvalue weighted by molar-refractivity contribution is 7.22. The van der Waals surface area contributed by atoms with Crippen LogP contribution in [0.4, 0.5) is 14.3 Å². The minimum absolute atomic E-state index is 0.153. The van der Waals surface area contributed by atoms with Crippen molar-refractivity contribution in [2.24, 2.45) is 0 Å². The Hall–Kier alpha value is -2.78. The van der Waals surface area contributed by atoms with Crippen LogP contribution in [0.1, 0.15) is 19.0 Å². The predicted octanol–water partition coefficient (Wildman–Crippen LogP) is 3.67. The van der Waals surface area contributed by atoms with E-state index in [2.05, 4.69) is 20.5 Å². The van der Waals surface area contributed by atoms with Gasteiger partial charge in [-0.05, 0) is 64.7 Å². The summed E-state index contributed by atoms with van der Waals surface area (Å²) in [5.41, 5.74) is 2.04. The number of nitrogens with one attached hydrogen (secondary N) is 2. The van der Waals surface area contributed by atoms with Gasteiger partial charge in [-0.3, -0.25) is 10.1 Å². The zero-order chi connectivity index (χ0) is 21.8. The summed E-state index contributed by atoms with van der Waals surface area (Å²) in [6.07, 6.45) is 0.855. The van der Waals surface area contributed by atoms with Crippen LogP contribution in [0, 0.1) is 12.7 Å². The van der Waals surface area contributed by atoms with Crippen LogP contribution in [0.25, 0.3) is 21.3 Å². The minimum atomic E-state index is -0.431. The smallest absolute Gasteiger partial charge is 0.321 e. The second-order valence-corrected chi connectivity index (χ2v) is 8.37. The minimum Gasteiger partial charge on any atom is -0.338 e. The molecule has 0 aliphatic rings. The van der Waals surface area contributed by atoms with E-state index >= 15 is 0 Å². The monoisotopic (exact) mass is 431 g/mol. The van der Waals surface area contributed by atoms with Gasteiger partial charge in [0.15, 0.2) is 5.13 Å². The molecule has 0 radical (unpaired) electrons. The van der Waals surface area contributed by atoms with Gasteiger partial charge in [0.1, 0.15) is 5.82 Å². The van der Waals surface area contributed by atoms with Gasteiger partial charge in [-0.25, -0.2) is 14.2 Å². The number of hydrogen-bond donors (Lipinski definition) is 2. The number of hydrogen-bond acceptors (Lipinski definition) is 5. The van der Waals surface area contributed by atoms with Crippen molar-refractivity contribution >= 4 is 32.7 Å². The number of halogens is 1. The third-order valence-electron chi connectivity index (χ3n) is 4.67. The molecule has 0 aliphatic heterocycles. The van der Waals surface area contributed by atoms with Crippen LogP contribution >= 0.6 is 11.3 Å². The number of urea groups is 1. The maximum absolute atomic E-state index is 14.8. The maximum atomic E-state index is 14.8. The second-order valence-electron chi connectivity index (χ2n) is 7.34. The Labute approximate surface area is 178 Å². The third kappa shape index (κ3) is 5.03. The topological polar surface area (TPSA) is 79.3 Å². The Morgan fingerprint density at radius 3 is 2.70 bits per heavy atom. The number of aryl methyl sites for hydroxylation is 1. The number of fused-ring (bicyclic) bond motifs is 1. The number of carbonyl (C=O) groups is 1. The molecule has 0 spiro atoms. The molecule has 9 heteroatoms. The lowest BCUT2D eigenvalue weighted by Crippen LogP contribution is -2.28. The Bertz CT molecular complexity index is 1120. The van der Waals surface area contributed by atoms with Gasteiger partial charge in [0, 0.05) is 30.4 Å². The lowest BCUT2D eigenvalue weighted by molar-refractivity contribution is 0.252. The van der Waals surface area contributed by atoms with Gasteiger partial charge in [0.25, 0.3) is 5.56 Å². The van der Waals surface area contributed by atoms with E-state index in [1.54, 1.807) is 10.6 Å². The SMILES string of the molecule is CCNC(=O)Nc1nc2cc(-c3cc(C)n(CCCN(C)C)c(=O)c3)c(F)cc2s1. The molecule has 3 rings (SSSR count). The average Bonchev–Trinajstić information content (AvgIpc) is 3.03. The number of rotatable bonds is 7. The summed E-state index contributed by atoms with van der Waals surface area (Å²) >= 11 is 1.20. The first-order valence-electron chi connectivity index (χ1n) is 9.80. The van der Waals surface area contributed by atoms with Gasteiger partial charge in [0.05, 0.1) is 10.2 Å². The van der Waals surface area contributed by atoms with Gasteiger partial charge >= 0.3 is 6.03 Å². The molecule has 0 unspecified atom stereocenters. The van der Waals surface area contributed by atoms with Crippen LogP contribution in [0.5, 0.6) is 0 Å². The molecule has 30 heavy (non-hydrogen) atoms. The fourth-order valence-corrected chi connectivity index (χ4v) is 4.11. The Balaban J connectivity index is 1.91. The fraction of sp³-hybridized carbons (Fsp3) is 0.381.